The first-order chi connectivity index (χ1) is 17.0. The second-order valence-corrected chi connectivity index (χ2v) is 10.2. The third-order valence-corrected chi connectivity index (χ3v) is 6.18. The zero-order chi connectivity index (χ0) is 26.5. The molecule has 6 nitrogen and oxygen atoms in total. The van der Waals surface area contributed by atoms with E-state index in [1.807, 2.05) is 51.1 Å². The molecule has 0 amide bonds. The van der Waals surface area contributed by atoms with Crippen LogP contribution in [0.25, 0.3) is 0 Å². The molecule has 1 aromatic heterocycles. The van der Waals surface area contributed by atoms with Gasteiger partial charge in [-0.2, -0.15) is 0 Å². The molecule has 0 N–H and O–H groups in total. The Labute approximate surface area is 221 Å². The molecule has 2 aromatic carbocycles. The van der Waals surface area contributed by atoms with E-state index < -0.39 is 5.60 Å². The summed E-state index contributed by atoms with van der Waals surface area (Å²) >= 11 is 12.7. The van der Waals surface area contributed by atoms with Crippen LogP contribution in [0.3, 0.4) is 0 Å². The number of benzene rings is 2. The van der Waals surface area contributed by atoms with E-state index in [0.717, 1.165) is 11.1 Å². The monoisotopic (exact) mass is 531 g/mol. The number of aryl methyl sites for hydroxylation is 2. The molecule has 0 aliphatic rings. The van der Waals surface area contributed by atoms with E-state index in [-0.39, 0.29) is 16.6 Å². The summed E-state index contributed by atoms with van der Waals surface area (Å²) in [4.78, 5) is 25.2. The third-order valence-electron chi connectivity index (χ3n) is 5.58. The van der Waals surface area contributed by atoms with Crippen LogP contribution in [0, 0.1) is 0 Å². The lowest BCUT2D eigenvalue weighted by Gasteiger charge is -2.19. The Kier molecular flexibility index (Phi) is 9.09. The first-order valence-electron chi connectivity index (χ1n) is 11.6. The van der Waals surface area contributed by atoms with Gasteiger partial charge < -0.3 is 18.8 Å². The number of halogens is 2. The average Bonchev–Trinajstić information content (AvgIpc) is 2.83. The summed E-state index contributed by atoms with van der Waals surface area (Å²) in [5.74, 6) is 1.01. The molecule has 0 aliphatic carbocycles. The van der Waals surface area contributed by atoms with Crippen molar-refractivity contribution in [1.29, 1.82) is 0 Å². The number of carbonyl (C=O) groups is 1. The lowest BCUT2D eigenvalue weighted by atomic mass is 10.1. The molecule has 8 heteroatoms. The molecule has 0 radical (unpaired) electrons. The Hall–Kier alpha value is -2.96. The highest BCUT2D eigenvalue weighted by Crippen LogP contribution is 2.25. The van der Waals surface area contributed by atoms with E-state index in [1.165, 1.54) is 6.07 Å². The fourth-order valence-electron chi connectivity index (χ4n) is 3.79. The van der Waals surface area contributed by atoms with Gasteiger partial charge in [0.1, 0.15) is 22.1 Å². The lowest BCUT2D eigenvalue weighted by molar-refractivity contribution is 0.00695. The quantitative estimate of drug-likeness (QED) is 0.309. The van der Waals surface area contributed by atoms with Gasteiger partial charge in [-0.05, 0) is 81.5 Å². The maximum Gasteiger partial charge on any atom is 0.338 e. The molecule has 0 atom stereocenters. The Bertz CT molecular complexity index is 1250. The van der Waals surface area contributed by atoms with Crippen molar-refractivity contribution in [2.24, 2.45) is 0 Å². The van der Waals surface area contributed by atoms with Crippen molar-refractivity contribution in [3.63, 3.8) is 0 Å². The second-order valence-electron chi connectivity index (χ2n) is 9.41. The summed E-state index contributed by atoms with van der Waals surface area (Å²) < 4.78 is 17.8. The van der Waals surface area contributed by atoms with Crippen molar-refractivity contribution in [1.82, 2.24) is 4.57 Å². The van der Waals surface area contributed by atoms with Crippen LogP contribution in [-0.4, -0.2) is 30.4 Å². The SMILES string of the molecule is COc1cc(CCc2c(Cl)cc(Cl)c(=O)n2CCc2ccc(C(=O)OC(C)(C)C)cc2)cc(OC)c1. The number of hydrogen-bond donors (Lipinski definition) is 0. The molecule has 0 aliphatic heterocycles. The number of pyridine rings is 1. The van der Waals surface area contributed by atoms with E-state index >= 15 is 0 Å². The van der Waals surface area contributed by atoms with Crippen LogP contribution in [0.5, 0.6) is 11.5 Å². The average molecular weight is 532 g/mol. The van der Waals surface area contributed by atoms with E-state index in [1.54, 1.807) is 30.9 Å². The fraction of sp³-hybridized carbons (Fsp3) is 0.357. The van der Waals surface area contributed by atoms with Crippen molar-refractivity contribution in [2.45, 2.75) is 52.2 Å². The molecule has 0 spiro atoms. The van der Waals surface area contributed by atoms with Gasteiger partial charge in [-0.1, -0.05) is 35.3 Å². The minimum absolute atomic E-state index is 0.0760. The number of aromatic nitrogens is 1. The Morgan fingerprint density at radius 1 is 0.833 bits per heavy atom. The van der Waals surface area contributed by atoms with Crippen molar-refractivity contribution in [2.75, 3.05) is 14.2 Å². The van der Waals surface area contributed by atoms with Crippen LogP contribution in [0.1, 0.15) is 48.0 Å². The molecular weight excluding hydrogens is 501 g/mol. The van der Waals surface area contributed by atoms with Gasteiger partial charge in [0.15, 0.2) is 0 Å². The minimum Gasteiger partial charge on any atom is -0.497 e. The highest BCUT2D eigenvalue weighted by atomic mass is 35.5. The molecule has 1 heterocycles. The summed E-state index contributed by atoms with van der Waals surface area (Å²) in [7, 11) is 3.21. The van der Waals surface area contributed by atoms with Crippen molar-refractivity contribution in [3.8, 4) is 11.5 Å². The maximum atomic E-state index is 12.9. The van der Waals surface area contributed by atoms with Crippen LogP contribution in [0.4, 0.5) is 0 Å². The van der Waals surface area contributed by atoms with Gasteiger partial charge in [-0.3, -0.25) is 4.79 Å². The molecule has 0 fully saturated rings. The number of hydrogen-bond acceptors (Lipinski definition) is 5. The van der Waals surface area contributed by atoms with Gasteiger partial charge in [-0.25, -0.2) is 4.79 Å². The molecule has 3 aromatic rings. The van der Waals surface area contributed by atoms with Crippen LogP contribution >= 0.6 is 23.2 Å². The molecule has 36 heavy (non-hydrogen) atoms. The van der Waals surface area contributed by atoms with Gasteiger partial charge in [0.05, 0.1) is 24.8 Å². The number of carbonyl (C=O) groups excluding carboxylic acids is 1. The van der Waals surface area contributed by atoms with Gasteiger partial charge >= 0.3 is 5.97 Å². The van der Waals surface area contributed by atoms with Gasteiger partial charge in [0.25, 0.3) is 5.56 Å². The number of methoxy groups -OCH3 is 2. The Morgan fingerprint density at radius 3 is 2.00 bits per heavy atom. The van der Waals surface area contributed by atoms with Gasteiger partial charge in [0, 0.05) is 18.3 Å². The van der Waals surface area contributed by atoms with Gasteiger partial charge in [0.2, 0.25) is 0 Å². The molecular formula is C28H31Cl2NO5. The number of rotatable bonds is 9. The first-order valence-corrected chi connectivity index (χ1v) is 12.4. The number of esters is 1. The maximum absolute atomic E-state index is 12.9. The normalized spacial score (nSPS) is 11.3. The molecule has 0 bridgehead atoms. The van der Waals surface area contributed by atoms with E-state index in [9.17, 15) is 9.59 Å². The predicted octanol–water partition coefficient (Wildman–Crippen LogP) is 6.16. The highest BCUT2D eigenvalue weighted by molar-refractivity contribution is 6.34. The van der Waals surface area contributed by atoms with Crippen molar-refractivity contribution in [3.05, 3.63) is 91.3 Å². The summed E-state index contributed by atoms with van der Waals surface area (Å²) in [6.45, 7) is 5.88. The predicted molar refractivity (Wildman–Crippen MR) is 143 cm³/mol. The number of nitrogens with zero attached hydrogens (tertiary/aromatic N) is 1. The van der Waals surface area contributed by atoms with Gasteiger partial charge in [-0.15, -0.1) is 0 Å². The topological polar surface area (TPSA) is 66.8 Å². The largest absolute Gasteiger partial charge is 0.497 e. The van der Waals surface area contributed by atoms with Crippen LogP contribution < -0.4 is 15.0 Å². The summed E-state index contributed by atoms with van der Waals surface area (Å²) in [5, 5.41) is 0.516. The standard InChI is InChI=1S/C28H31Cl2NO5/c1-28(2,3)36-27(33)20-9-6-18(7-10-20)12-13-31-25(23(29)17-24(30)26(31)32)11-8-19-14-21(34-4)16-22(15-19)35-5/h6-7,9-10,14-17H,8,11-13H2,1-5H3. The smallest absolute Gasteiger partial charge is 0.338 e. The zero-order valence-electron chi connectivity index (χ0n) is 21.2. The van der Waals surface area contributed by atoms with E-state index in [2.05, 4.69) is 0 Å². The molecule has 0 saturated heterocycles. The van der Waals surface area contributed by atoms with Crippen LogP contribution in [0.2, 0.25) is 10.0 Å². The molecule has 0 saturated carbocycles. The minimum atomic E-state index is -0.560. The van der Waals surface area contributed by atoms with Crippen LogP contribution in [-0.2, 0) is 30.5 Å². The number of ether oxygens (including phenoxy) is 3. The Balaban J connectivity index is 1.78. The summed E-state index contributed by atoms with van der Waals surface area (Å²) in [6.07, 6.45) is 1.71. The van der Waals surface area contributed by atoms with E-state index in [4.69, 9.17) is 37.4 Å². The summed E-state index contributed by atoms with van der Waals surface area (Å²) in [5.41, 5.74) is 2.30. The highest BCUT2D eigenvalue weighted by Gasteiger charge is 2.18. The fourth-order valence-corrected chi connectivity index (χ4v) is 4.36. The van der Waals surface area contributed by atoms with E-state index in [0.29, 0.717) is 53.6 Å². The first kappa shape index (κ1) is 27.6. The van der Waals surface area contributed by atoms with Crippen LogP contribution in [0.15, 0.2) is 53.3 Å². The molecule has 0 unspecified atom stereocenters. The lowest BCUT2D eigenvalue weighted by Crippen LogP contribution is -2.26. The second kappa shape index (κ2) is 11.8. The van der Waals surface area contributed by atoms with Crippen molar-refractivity contribution >= 4 is 29.2 Å². The molecule has 192 valence electrons. The third kappa shape index (κ3) is 7.28. The zero-order valence-corrected chi connectivity index (χ0v) is 22.7. The Morgan fingerprint density at radius 2 is 1.44 bits per heavy atom. The van der Waals surface area contributed by atoms with Crippen molar-refractivity contribution < 1.29 is 19.0 Å². The summed E-state index contributed by atoms with van der Waals surface area (Å²) in [6, 6.07) is 14.4. The molecule has 3 rings (SSSR count).